The van der Waals surface area contributed by atoms with Gasteiger partial charge in [0, 0.05) is 6.42 Å². The molecule has 2 amide bonds. The van der Waals surface area contributed by atoms with Gasteiger partial charge in [-0.15, -0.1) is 11.8 Å². The molecule has 5 nitrogen and oxygen atoms in total. The number of hydrogen-bond acceptors (Lipinski definition) is 4. The zero-order chi connectivity index (χ0) is 14.9. The Hall–Kier alpha value is -1.53. The van der Waals surface area contributed by atoms with Crippen LogP contribution in [0, 0.1) is 0 Å². The normalized spacial score (nSPS) is 20.3. The molecule has 1 aromatic carbocycles. The molecule has 1 heterocycles. The fourth-order valence-corrected chi connectivity index (χ4v) is 3.19. The zero-order valence-electron chi connectivity index (χ0n) is 10.6. The lowest BCUT2D eigenvalue weighted by Crippen LogP contribution is -2.32. The van der Waals surface area contributed by atoms with Gasteiger partial charge in [-0.25, -0.2) is 4.90 Å². The van der Waals surface area contributed by atoms with Crippen molar-refractivity contribution >= 4 is 46.8 Å². The predicted molar refractivity (Wildman–Crippen MR) is 77.0 cm³/mol. The van der Waals surface area contributed by atoms with Gasteiger partial charge < -0.3 is 5.11 Å². The van der Waals surface area contributed by atoms with E-state index >= 15 is 0 Å². The smallest absolute Gasteiger partial charge is 0.316 e. The number of amides is 2. The van der Waals surface area contributed by atoms with Gasteiger partial charge >= 0.3 is 5.97 Å². The fraction of sp³-hybridized carbons (Fsp3) is 0.308. The van der Waals surface area contributed by atoms with E-state index in [-0.39, 0.29) is 12.3 Å². The van der Waals surface area contributed by atoms with Crippen molar-refractivity contribution < 1.29 is 19.5 Å². The summed E-state index contributed by atoms with van der Waals surface area (Å²) < 4.78 is 0. The Balaban J connectivity index is 2.22. The van der Waals surface area contributed by atoms with E-state index in [4.69, 9.17) is 16.7 Å². The van der Waals surface area contributed by atoms with Crippen molar-refractivity contribution in [3.8, 4) is 0 Å². The number of para-hydroxylation sites is 1. The quantitative estimate of drug-likeness (QED) is 0.862. The summed E-state index contributed by atoms with van der Waals surface area (Å²) in [7, 11) is 0. The third-order valence-corrected chi connectivity index (χ3v) is 4.54. The molecule has 1 saturated heterocycles. The minimum atomic E-state index is -1.01. The van der Waals surface area contributed by atoms with Crippen LogP contribution in [0.25, 0.3) is 0 Å². The molecule has 1 N–H and O–H groups in total. The van der Waals surface area contributed by atoms with Crippen LogP contribution in [-0.2, 0) is 14.4 Å². The number of nitrogens with zero attached hydrogens (tertiary/aromatic N) is 1. The standard InChI is InChI=1S/C13H12ClNO4S/c1-7(13(18)19)20-10-6-11(16)15(12(10)17)9-5-3-2-4-8(9)14/h2-5,7,10H,6H2,1H3,(H,18,19). The maximum atomic E-state index is 12.3. The minimum Gasteiger partial charge on any atom is -0.480 e. The Labute approximate surface area is 124 Å². The molecule has 20 heavy (non-hydrogen) atoms. The molecule has 1 aliphatic heterocycles. The lowest BCUT2D eigenvalue weighted by Gasteiger charge is -2.16. The second-order valence-corrected chi connectivity index (χ2v) is 6.28. The van der Waals surface area contributed by atoms with Crippen LogP contribution in [0.2, 0.25) is 5.02 Å². The second-order valence-electron chi connectivity index (χ2n) is 4.33. The number of anilines is 1. The van der Waals surface area contributed by atoms with Gasteiger partial charge in [0.15, 0.2) is 0 Å². The van der Waals surface area contributed by atoms with Crippen molar-refractivity contribution in [3.63, 3.8) is 0 Å². The maximum absolute atomic E-state index is 12.3. The number of rotatable bonds is 4. The van der Waals surface area contributed by atoms with Crippen molar-refractivity contribution in [3.05, 3.63) is 29.3 Å². The van der Waals surface area contributed by atoms with Crippen LogP contribution in [-0.4, -0.2) is 33.4 Å². The first-order valence-corrected chi connectivity index (χ1v) is 7.23. The summed E-state index contributed by atoms with van der Waals surface area (Å²) in [6, 6.07) is 6.57. The molecular weight excluding hydrogens is 302 g/mol. The molecule has 106 valence electrons. The number of carboxylic acid groups (broad SMARTS) is 1. The topological polar surface area (TPSA) is 74.7 Å². The molecule has 0 bridgehead atoms. The molecule has 1 aromatic rings. The number of imide groups is 1. The highest BCUT2D eigenvalue weighted by Crippen LogP contribution is 2.34. The van der Waals surface area contributed by atoms with Crippen LogP contribution in [0.4, 0.5) is 5.69 Å². The van der Waals surface area contributed by atoms with Crippen LogP contribution >= 0.6 is 23.4 Å². The molecule has 0 radical (unpaired) electrons. The Bertz CT molecular complexity index is 577. The second kappa shape index (κ2) is 5.85. The summed E-state index contributed by atoms with van der Waals surface area (Å²) in [6.45, 7) is 1.49. The van der Waals surface area contributed by atoms with E-state index in [1.54, 1.807) is 24.3 Å². The lowest BCUT2D eigenvalue weighted by atomic mass is 10.3. The predicted octanol–water partition coefficient (Wildman–Crippen LogP) is 2.18. The Kier molecular flexibility index (Phi) is 4.35. The third kappa shape index (κ3) is 2.81. The maximum Gasteiger partial charge on any atom is 0.316 e. The number of carboxylic acids is 1. The molecule has 0 spiro atoms. The summed E-state index contributed by atoms with van der Waals surface area (Å²) in [4.78, 5) is 36.1. The summed E-state index contributed by atoms with van der Waals surface area (Å²) in [5.41, 5.74) is 0.343. The highest BCUT2D eigenvalue weighted by Gasteiger charge is 2.41. The molecule has 0 aliphatic carbocycles. The van der Waals surface area contributed by atoms with E-state index in [1.165, 1.54) is 6.92 Å². The molecule has 0 saturated carbocycles. The number of thioether (sulfide) groups is 1. The number of halogens is 1. The van der Waals surface area contributed by atoms with Crippen LogP contribution in [0.3, 0.4) is 0 Å². The molecule has 1 aliphatic rings. The van der Waals surface area contributed by atoms with Gasteiger partial charge in [0.2, 0.25) is 11.8 Å². The van der Waals surface area contributed by atoms with E-state index in [0.717, 1.165) is 16.7 Å². The molecule has 2 atom stereocenters. The van der Waals surface area contributed by atoms with Crippen molar-refractivity contribution in [2.75, 3.05) is 4.90 Å². The van der Waals surface area contributed by atoms with Gasteiger partial charge in [-0.3, -0.25) is 14.4 Å². The molecule has 2 unspecified atom stereocenters. The number of benzene rings is 1. The van der Waals surface area contributed by atoms with Crippen molar-refractivity contribution in [1.29, 1.82) is 0 Å². The Morgan fingerprint density at radius 1 is 1.45 bits per heavy atom. The Morgan fingerprint density at radius 2 is 2.10 bits per heavy atom. The van der Waals surface area contributed by atoms with Crippen molar-refractivity contribution in [2.24, 2.45) is 0 Å². The SMILES string of the molecule is CC(SC1CC(=O)N(c2ccccc2Cl)C1=O)C(=O)O. The summed E-state index contributed by atoms with van der Waals surface area (Å²) in [5, 5.41) is 7.76. The third-order valence-electron chi connectivity index (χ3n) is 2.91. The van der Waals surface area contributed by atoms with E-state index in [9.17, 15) is 14.4 Å². The first-order chi connectivity index (χ1) is 9.41. The van der Waals surface area contributed by atoms with Gasteiger partial charge in [0.25, 0.3) is 0 Å². The van der Waals surface area contributed by atoms with E-state index in [2.05, 4.69) is 0 Å². The summed E-state index contributed by atoms with van der Waals surface area (Å²) in [6.07, 6.45) is -0.00760. The average molecular weight is 314 g/mol. The summed E-state index contributed by atoms with van der Waals surface area (Å²) >= 11 is 6.97. The average Bonchev–Trinajstić information content (AvgIpc) is 2.65. The van der Waals surface area contributed by atoms with Crippen LogP contribution in [0.15, 0.2) is 24.3 Å². The van der Waals surface area contributed by atoms with Gasteiger partial charge in [0.1, 0.15) is 5.25 Å². The number of aliphatic carboxylic acids is 1. The van der Waals surface area contributed by atoms with E-state index in [0.29, 0.717) is 10.7 Å². The van der Waals surface area contributed by atoms with Crippen LogP contribution in [0.5, 0.6) is 0 Å². The van der Waals surface area contributed by atoms with Gasteiger partial charge in [0.05, 0.1) is 16.0 Å². The largest absolute Gasteiger partial charge is 0.480 e. The Morgan fingerprint density at radius 3 is 2.70 bits per heavy atom. The molecule has 0 aromatic heterocycles. The highest BCUT2D eigenvalue weighted by atomic mass is 35.5. The van der Waals surface area contributed by atoms with Crippen LogP contribution < -0.4 is 4.90 Å². The van der Waals surface area contributed by atoms with Gasteiger partial charge in [-0.2, -0.15) is 0 Å². The monoisotopic (exact) mass is 313 g/mol. The molecule has 7 heteroatoms. The number of carbonyl (C=O) groups excluding carboxylic acids is 2. The van der Waals surface area contributed by atoms with Gasteiger partial charge in [-0.1, -0.05) is 23.7 Å². The number of carbonyl (C=O) groups is 3. The zero-order valence-corrected chi connectivity index (χ0v) is 12.1. The van der Waals surface area contributed by atoms with Gasteiger partial charge in [-0.05, 0) is 19.1 Å². The van der Waals surface area contributed by atoms with Crippen molar-refractivity contribution in [2.45, 2.75) is 23.8 Å². The molecule has 1 fully saturated rings. The summed E-state index contributed by atoms with van der Waals surface area (Å²) in [5.74, 6) is -1.79. The van der Waals surface area contributed by atoms with Crippen LogP contribution in [0.1, 0.15) is 13.3 Å². The lowest BCUT2D eigenvalue weighted by molar-refractivity contribution is -0.136. The van der Waals surface area contributed by atoms with E-state index < -0.39 is 22.4 Å². The highest BCUT2D eigenvalue weighted by molar-refractivity contribution is 8.01. The molecule has 2 rings (SSSR count). The minimum absolute atomic E-state index is 0.00760. The first-order valence-electron chi connectivity index (χ1n) is 5.91. The molecular formula is C13H12ClNO4S. The fourth-order valence-electron chi connectivity index (χ4n) is 1.90. The first kappa shape index (κ1) is 14.9. The van der Waals surface area contributed by atoms with E-state index in [1.807, 2.05) is 0 Å². The van der Waals surface area contributed by atoms with Crippen molar-refractivity contribution in [1.82, 2.24) is 0 Å². The number of hydrogen-bond donors (Lipinski definition) is 1.